The lowest BCUT2D eigenvalue weighted by Gasteiger charge is -2.07. The number of hydrogen-bond donors (Lipinski definition) is 2. The van der Waals surface area contributed by atoms with E-state index < -0.39 is 0 Å². The molecule has 0 unspecified atom stereocenters. The third-order valence-corrected chi connectivity index (χ3v) is 3.28. The van der Waals surface area contributed by atoms with Gasteiger partial charge in [-0.15, -0.1) is 0 Å². The molecule has 2 N–H and O–H groups in total. The number of rotatable bonds is 7. The number of aliphatic hydroxyl groups excluding tert-OH is 1. The molecule has 3 nitrogen and oxygen atoms in total. The van der Waals surface area contributed by atoms with E-state index in [4.69, 9.17) is 5.11 Å². The molecular formula is C15H22N2O. The van der Waals surface area contributed by atoms with Crippen molar-refractivity contribution in [2.75, 3.05) is 13.2 Å². The minimum absolute atomic E-state index is 0.283. The highest BCUT2D eigenvalue weighted by atomic mass is 16.2. The van der Waals surface area contributed by atoms with Crippen LogP contribution in [0.5, 0.6) is 0 Å². The largest absolute Gasteiger partial charge is 0.396 e. The molecule has 2 rings (SSSR count). The number of benzene rings is 1. The van der Waals surface area contributed by atoms with E-state index in [9.17, 15) is 0 Å². The Bertz CT molecular complexity index is 490. The van der Waals surface area contributed by atoms with Gasteiger partial charge in [0.2, 0.25) is 0 Å². The van der Waals surface area contributed by atoms with Gasteiger partial charge in [0, 0.05) is 36.8 Å². The van der Waals surface area contributed by atoms with Crippen LogP contribution in [0.3, 0.4) is 0 Å². The Morgan fingerprint density at radius 1 is 1.22 bits per heavy atom. The Morgan fingerprint density at radius 2 is 2.11 bits per heavy atom. The molecule has 2 aromatic rings. The third kappa shape index (κ3) is 2.92. The molecule has 98 valence electrons. The molecular weight excluding hydrogens is 224 g/mol. The fourth-order valence-corrected chi connectivity index (χ4v) is 2.29. The van der Waals surface area contributed by atoms with Gasteiger partial charge in [-0.1, -0.05) is 19.1 Å². The summed E-state index contributed by atoms with van der Waals surface area (Å²) >= 11 is 0. The van der Waals surface area contributed by atoms with Crippen LogP contribution < -0.4 is 5.32 Å². The Kier molecular flexibility index (Phi) is 4.79. The molecule has 0 saturated carbocycles. The summed E-state index contributed by atoms with van der Waals surface area (Å²) < 4.78 is 2.28. The topological polar surface area (TPSA) is 37.2 Å². The molecule has 0 atom stereocenters. The van der Waals surface area contributed by atoms with E-state index in [1.807, 2.05) is 0 Å². The quantitative estimate of drug-likeness (QED) is 0.737. The number of aliphatic hydroxyl groups is 1. The molecule has 0 aliphatic carbocycles. The van der Waals surface area contributed by atoms with Crippen LogP contribution in [-0.4, -0.2) is 22.8 Å². The normalized spacial score (nSPS) is 11.2. The van der Waals surface area contributed by atoms with E-state index >= 15 is 0 Å². The summed E-state index contributed by atoms with van der Waals surface area (Å²) in [7, 11) is 0. The smallest absolute Gasteiger partial charge is 0.0483 e. The van der Waals surface area contributed by atoms with Crippen molar-refractivity contribution in [1.82, 2.24) is 9.88 Å². The van der Waals surface area contributed by atoms with Gasteiger partial charge in [0.25, 0.3) is 0 Å². The van der Waals surface area contributed by atoms with E-state index in [0.717, 1.165) is 32.5 Å². The van der Waals surface area contributed by atoms with Crippen molar-refractivity contribution in [3.8, 4) is 0 Å². The summed E-state index contributed by atoms with van der Waals surface area (Å²) in [6.07, 6.45) is 4.05. The first-order valence-corrected chi connectivity index (χ1v) is 6.75. The number of fused-ring (bicyclic) bond motifs is 1. The van der Waals surface area contributed by atoms with Crippen LogP contribution in [0.4, 0.5) is 0 Å². The molecule has 0 aliphatic heterocycles. The zero-order valence-corrected chi connectivity index (χ0v) is 11.0. The molecule has 0 spiro atoms. The monoisotopic (exact) mass is 246 g/mol. The first-order valence-electron chi connectivity index (χ1n) is 6.75. The molecule has 0 saturated heterocycles. The molecule has 0 fully saturated rings. The van der Waals surface area contributed by atoms with Crippen LogP contribution in [0.1, 0.15) is 25.3 Å². The minimum Gasteiger partial charge on any atom is -0.396 e. The van der Waals surface area contributed by atoms with E-state index in [1.54, 1.807) is 0 Å². The highest BCUT2D eigenvalue weighted by Gasteiger charge is 2.04. The van der Waals surface area contributed by atoms with Crippen molar-refractivity contribution in [3.63, 3.8) is 0 Å². The Labute approximate surface area is 108 Å². The molecule has 0 bridgehead atoms. The van der Waals surface area contributed by atoms with Crippen molar-refractivity contribution in [1.29, 1.82) is 0 Å². The van der Waals surface area contributed by atoms with Gasteiger partial charge in [0.15, 0.2) is 0 Å². The fraction of sp³-hybridized carbons (Fsp3) is 0.467. The van der Waals surface area contributed by atoms with Crippen molar-refractivity contribution in [2.45, 2.75) is 32.9 Å². The predicted molar refractivity (Wildman–Crippen MR) is 75.6 cm³/mol. The summed E-state index contributed by atoms with van der Waals surface area (Å²) in [5.41, 5.74) is 2.65. The van der Waals surface area contributed by atoms with Crippen LogP contribution in [0.2, 0.25) is 0 Å². The van der Waals surface area contributed by atoms with E-state index in [-0.39, 0.29) is 6.61 Å². The van der Waals surface area contributed by atoms with Gasteiger partial charge in [-0.3, -0.25) is 0 Å². The summed E-state index contributed by atoms with van der Waals surface area (Å²) in [5, 5.41) is 13.5. The first kappa shape index (κ1) is 13.1. The third-order valence-electron chi connectivity index (χ3n) is 3.28. The molecule has 0 aliphatic rings. The maximum absolute atomic E-state index is 8.83. The summed E-state index contributed by atoms with van der Waals surface area (Å²) in [5.74, 6) is 0. The van der Waals surface area contributed by atoms with Crippen LogP contribution in [-0.2, 0) is 13.1 Å². The van der Waals surface area contributed by atoms with Crippen molar-refractivity contribution in [3.05, 3.63) is 36.0 Å². The average molecular weight is 246 g/mol. The lowest BCUT2D eigenvalue weighted by Crippen LogP contribution is -2.11. The van der Waals surface area contributed by atoms with Gasteiger partial charge in [0.05, 0.1) is 0 Å². The molecule has 0 amide bonds. The standard InChI is InChI=1S/C15H22N2O/c1-2-16-12-13-6-5-7-15-14(13)8-10-17(15)9-3-4-11-18/h5-8,10,16,18H,2-4,9,11-12H2,1H3. The number of nitrogens with one attached hydrogen (secondary N) is 1. The number of aromatic nitrogens is 1. The number of hydrogen-bond acceptors (Lipinski definition) is 2. The number of nitrogens with zero attached hydrogens (tertiary/aromatic N) is 1. The van der Waals surface area contributed by atoms with E-state index in [2.05, 4.69) is 47.3 Å². The van der Waals surface area contributed by atoms with Crippen LogP contribution in [0.25, 0.3) is 10.9 Å². The Balaban J connectivity index is 2.19. The summed E-state index contributed by atoms with van der Waals surface area (Å²) in [4.78, 5) is 0. The Hall–Kier alpha value is -1.32. The second-order valence-electron chi connectivity index (χ2n) is 4.57. The second-order valence-corrected chi connectivity index (χ2v) is 4.57. The van der Waals surface area contributed by atoms with E-state index in [1.165, 1.54) is 16.5 Å². The number of aryl methyl sites for hydroxylation is 1. The first-order chi connectivity index (χ1) is 8.86. The summed E-state index contributed by atoms with van der Waals surface area (Å²) in [6, 6.07) is 8.67. The average Bonchev–Trinajstić information content (AvgIpc) is 2.81. The van der Waals surface area contributed by atoms with Crippen molar-refractivity contribution < 1.29 is 5.11 Å². The SMILES string of the molecule is CCNCc1cccc2c1ccn2CCCCO. The molecule has 0 radical (unpaired) electrons. The fourth-order valence-electron chi connectivity index (χ4n) is 2.29. The molecule has 18 heavy (non-hydrogen) atoms. The van der Waals surface area contributed by atoms with E-state index in [0.29, 0.717) is 0 Å². The lowest BCUT2D eigenvalue weighted by molar-refractivity contribution is 0.281. The summed E-state index contributed by atoms with van der Waals surface area (Å²) in [6.45, 7) is 5.31. The van der Waals surface area contributed by atoms with Crippen molar-refractivity contribution in [2.24, 2.45) is 0 Å². The minimum atomic E-state index is 0.283. The van der Waals surface area contributed by atoms with Crippen molar-refractivity contribution >= 4 is 10.9 Å². The van der Waals surface area contributed by atoms with Gasteiger partial charge in [-0.05, 0) is 37.1 Å². The second kappa shape index (κ2) is 6.57. The predicted octanol–water partition coefficient (Wildman–Crippen LogP) is 2.52. The zero-order chi connectivity index (χ0) is 12.8. The van der Waals surface area contributed by atoms with Gasteiger partial charge in [-0.25, -0.2) is 0 Å². The number of unbranched alkanes of at least 4 members (excludes halogenated alkanes) is 1. The van der Waals surface area contributed by atoms with Gasteiger partial charge >= 0.3 is 0 Å². The molecule has 1 heterocycles. The van der Waals surface area contributed by atoms with Crippen LogP contribution >= 0.6 is 0 Å². The van der Waals surface area contributed by atoms with Crippen LogP contribution in [0.15, 0.2) is 30.5 Å². The molecule has 1 aromatic heterocycles. The molecule has 1 aromatic carbocycles. The highest BCUT2D eigenvalue weighted by Crippen LogP contribution is 2.20. The zero-order valence-electron chi connectivity index (χ0n) is 11.0. The van der Waals surface area contributed by atoms with Gasteiger partial charge < -0.3 is 15.0 Å². The molecule has 3 heteroatoms. The van der Waals surface area contributed by atoms with Crippen LogP contribution in [0, 0.1) is 0 Å². The maximum Gasteiger partial charge on any atom is 0.0483 e. The van der Waals surface area contributed by atoms with Gasteiger partial charge in [0.1, 0.15) is 0 Å². The Morgan fingerprint density at radius 3 is 2.89 bits per heavy atom. The maximum atomic E-state index is 8.83. The highest BCUT2D eigenvalue weighted by molar-refractivity contribution is 5.83. The van der Waals surface area contributed by atoms with Gasteiger partial charge in [-0.2, -0.15) is 0 Å². The lowest BCUT2D eigenvalue weighted by atomic mass is 10.1.